The number of rotatable bonds is 4. The molecule has 1 N–H and O–H groups in total. The van der Waals surface area contributed by atoms with E-state index in [0.717, 1.165) is 28.5 Å². The predicted octanol–water partition coefficient (Wildman–Crippen LogP) is 4.79. The average molecular weight is 332 g/mol. The van der Waals surface area contributed by atoms with Crippen LogP contribution < -0.4 is 0 Å². The van der Waals surface area contributed by atoms with Gasteiger partial charge >= 0.3 is 0 Å². The predicted molar refractivity (Wildman–Crippen MR) is 98.1 cm³/mol. The molecule has 4 rings (SSSR count). The Morgan fingerprint density at radius 1 is 1.00 bits per heavy atom. The molecule has 0 saturated carbocycles. The standard InChI is InChI=1S/C20H20N4O/c1-12(2)8-14-4-5-15(9-13(14)3)19-23-24-20(25-19)16-6-7-18-17(10-16)11-21-22-18/h4-7,9-12H,8H2,1-3H3,(H,21,22). The van der Waals surface area contributed by atoms with Gasteiger partial charge in [0.2, 0.25) is 11.8 Å². The number of H-pyrrole nitrogens is 1. The summed E-state index contributed by atoms with van der Waals surface area (Å²) in [6, 6.07) is 12.2. The molecule has 0 aliphatic heterocycles. The van der Waals surface area contributed by atoms with Crippen LogP contribution in [0.2, 0.25) is 0 Å². The van der Waals surface area contributed by atoms with Gasteiger partial charge in [0.25, 0.3) is 0 Å². The fourth-order valence-electron chi connectivity index (χ4n) is 3.03. The fourth-order valence-corrected chi connectivity index (χ4v) is 3.03. The van der Waals surface area contributed by atoms with Crippen molar-refractivity contribution in [3.63, 3.8) is 0 Å². The van der Waals surface area contributed by atoms with Crippen molar-refractivity contribution in [1.29, 1.82) is 0 Å². The third kappa shape index (κ3) is 3.05. The van der Waals surface area contributed by atoms with Crippen LogP contribution in [-0.2, 0) is 6.42 Å². The molecule has 0 bridgehead atoms. The number of aryl methyl sites for hydroxylation is 1. The number of hydrogen-bond donors (Lipinski definition) is 1. The van der Waals surface area contributed by atoms with E-state index in [2.05, 4.69) is 59.4 Å². The molecule has 5 heteroatoms. The lowest BCUT2D eigenvalue weighted by atomic mass is 9.97. The van der Waals surface area contributed by atoms with E-state index in [1.165, 1.54) is 11.1 Å². The average Bonchev–Trinajstić information content (AvgIpc) is 3.24. The van der Waals surface area contributed by atoms with Crippen LogP contribution in [-0.4, -0.2) is 20.4 Å². The Bertz CT molecular complexity index is 1030. The number of hydrogen-bond acceptors (Lipinski definition) is 4. The number of aromatic nitrogens is 4. The van der Waals surface area contributed by atoms with Gasteiger partial charge in [0, 0.05) is 16.5 Å². The van der Waals surface area contributed by atoms with Gasteiger partial charge in [-0.15, -0.1) is 10.2 Å². The number of nitrogens with one attached hydrogen (secondary N) is 1. The second-order valence-electron chi connectivity index (χ2n) is 6.82. The van der Waals surface area contributed by atoms with Crippen LogP contribution in [0.5, 0.6) is 0 Å². The van der Waals surface area contributed by atoms with E-state index < -0.39 is 0 Å². The second-order valence-corrected chi connectivity index (χ2v) is 6.82. The summed E-state index contributed by atoms with van der Waals surface area (Å²) in [5.74, 6) is 1.70. The van der Waals surface area contributed by atoms with E-state index in [1.807, 2.05) is 18.2 Å². The molecule has 0 radical (unpaired) electrons. The first-order chi connectivity index (χ1) is 12.1. The van der Waals surface area contributed by atoms with Crippen molar-refractivity contribution in [1.82, 2.24) is 20.4 Å². The molecule has 0 spiro atoms. The summed E-state index contributed by atoms with van der Waals surface area (Å²) in [5, 5.41) is 16.4. The molecule has 5 nitrogen and oxygen atoms in total. The van der Waals surface area contributed by atoms with Crippen LogP contribution in [0.1, 0.15) is 25.0 Å². The molecule has 2 aromatic carbocycles. The Morgan fingerprint density at radius 3 is 2.44 bits per heavy atom. The van der Waals surface area contributed by atoms with Crippen molar-refractivity contribution in [3.8, 4) is 22.9 Å². The van der Waals surface area contributed by atoms with Crippen LogP contribution in [0.25, 0.3) is 33.8 Å². The molecule has 0 aliphatic carbocycles. The zero-order chi connectivity index (χ0) is 17.4. The molecular formula is C20H20N4O. The molecule has 4 aromatic rings. The highest BCUT2D eigenvalue weighted by Crippen LogP contribution is 2.27. The van der Waals surface area contributed by atoms with Crippen molar-refractivity contribution in [3.05, 3.63) is 53.7 Å². The Labute approximate surface area is 146 Å². The van der Waals surface area contributed by atoms with Crippen molar-refractivity contribution >= 4 is 10.9 Å². The summed E-state index contributed by atoms with van der Waals surface area (Å²) in [5.41, 5.74) is 5.45. The Balaban J connectivity index is 1.65. The monoisotopic (exact) mass is 332 g/mol. The maximum Gasteiger partial charge on any atom is 0.248 e. The van der Waals surface area contributed by atoms with E-state index in [-0.39, 0.29) is 0 Å². The highest BCUT2D eigenvalue weighted by molar-refractivity contribution is 5.82. The minimum absolute atomic E-state index is 0.516. The summed E-state index contributed by atoms with van der Waals surface area (Å²) in [4.78, 5) is 0. The van der Waals surface area contributed by atoms with Crippen molar-refractivity contribution in [2.24, 2.45) is 5.92 Å². The van der Waals surface area contributed by atoms with Crippen LogP contribution in [0.4, 0.5) is 0 Å². The highest BCUT2D eigenvalue weighted by atomic mass is 16.4. The zero-order valence-electron chi connectivity index (χ0n) is 14.6. The van der Waals surface area contributed by atoms with Gasteiger partial charge in [-0.05, 0) is 60.7 Å². The lowest BCUT2D eigenvalue weighted by Gasteiger charge is -2.09. The van der Waals surface area contributed by atoms with Gasteiger partial charge in [0.15, 0.2) is 0 Å². The minimum atomic E-state index is 0.516. The van der Waals surface area contributed by atoms with Crippen LogP contribution >= 0.6 is 0 Å². The number of benzene rings is 2. The van der Waals surface area contributed by atoms with E-state index in [4.69, 9.17) is 4.42 Å². The largest absolute Gasteiger partial charge is 0.416 e. The van der Waals surface area contributed by atoms with E-state index in [0.29, 0.717) is 17.7 Å². The van der Waals surface area contributed by atoms with Gasteiger partial charge < -0.3 is 4.42 Å². The molecule has 0 fully saturated rings. The summed E-state index contributed by atoms with van der Waals surface area (Å²) >= 11 is 0. The Hall–Kier alpha value is -2.95. The van der Waals surface area contributed by atoms with Crippen molar-refractivity contribution in [2.75, 3.05) is 0 Å². The normalized spacial score (nSPS) is 11.5. The number of nitrogens with zero attached hydrogens (tertiary/aromatic N) is 3. The van der Waals surface area contributed by atoms with Gasteiger partial charge in [0.05, 0.1) is 11.7 Å². The molecule has 2 heterocycles. The smallest absolute Gasteiger partial charge is 0.248 e. The lowest BCUT2D eigenvalue weighted by Crippen LogP contribution is -1.97. The molecule has 126 valence electrons. The van der Waals surface area contributed by atoms with E-state index in [9.17, 15) is 0 Å². The second kappa shape index (κ2) is 6.16. The van der Waals surface area contributed by atoms with Crippen LogP contribution in [0.15, 0.2) is 47.0 Å². The Kier molecular flexibility index (Phi) is 3.84. The fraction of sp³-hybridized carbons (Fsp3) is 0.250. The number of aromatic amines is 1. The maximum absolute atomic E-state index is 5.90. The first-order valence-electron chi connectivity index (χ1n) is 8.47. The Morgan fingerprint density at radius 2 is 1.72 bits per heavy atom. The zero-order valence-corrected chi connectivity index (χ0v) is 14.6. The molecule has 0 aliphatic rings. The first kappa shape index (κ1) is 15.6. The molecule has 25 heavy (non-hydrogen) atoms. The molecule has 0 amide bonds. The molecule has 0 unspecified atom stereocenters. The molecular weight excluding hydrogens is 312 g/mol. The summed E-state index contributed by atoms with van der Waals surface area (Å²) in [7, 11) is 0. The van der Waals surface area contributed by atoms with Crippen LogP contribution in [0, 0.1) is 12.8 Å². The maximum atomic E-state index is 5.90. The lowest BCUT2D eigenvalue weighted by molar-refractivity contribution is 0.584. The first-order valence-corrected chi connectivity index (χ1v) is 8.47. The highest BCUT2D eigenvalue weighted by Gasteiger charge is 2.12. The third-order valence-corrected chi connectivity index (χ3v) is 4.33. The van der Waals surface area contributed by atoms with Crippen molar-refractivity contribution < 1.29 is 4.42 Å². The van der Waals surface area contributed by atoms with Gasteiger partial charge in [-0.1, -0.05) is 19.9 Å². The molecule has 0 atom stereocenters. The SMILES string of the molecule is Cc1cc(-c2nnc(-c3ccc4[nH]ncc4c3)o2)ccc1CC(C)C. The van der Waals surface area contributed by atoms with Gasteiger partial charge in [-0.2, -0.15) is 5.10 Å². The minimum Gasteiger partial charge on any atom is -0.416 e. The summed E-state index contributed by atoms with van der Waals surface area (Å²) in [6.07, 6.45) is 2.86. The third-order valence-electron chi connectivity index (χ3n) is 4.33. The van der Waals surface area contributed by atoms with Crippen molar-refractivity contribution in [2.45, 2.75) is 27.2 Å². The summed E-state index contributed by atoms with van der Waals surface area (Å²) < 4.78 is 5.90. The molecule has 2 aromatic heterocycles. The van der Waals surface area contributed by atoms with Gasteiger partial charge in [-0.25, -0.2) is 0 Å². The van der Waals surface area contributed by atoms with Gasteiger partial charge in [-0.3, -0.25) is 5.10 Å². The van der Waals surface area contributed by atoms with E-state index >= 15 is 0 Å². The topological polar surface area (TPSA) is 67.6 Å². The van der Waals surface area contributed by atoms with Crippen LogP contribution in [0.3, 0.4) is 0 Å². The number of fused-ring (bicyclic) bond motifs is 1. The van der Waals surface area contributed by atoms with E-state index in [1.54, 1.807) is 6.20 Å². The quantitative estimate of drug-likeness (QED) is 0.583. The molecule has 0 saturated heterocycles. The summed E-state index contributed by atoms with van der Waals surface area (Å²) in [6.45, 7) is 6.59. The van der Waals surface area contributed by atoms with Gasteiger partial charge in [0.1, 0.15) is 0 Å².